The Labute approximate surface area is 126 Å². The summed E-state index contributed by atoms with van der Waals surface area (Å²) >= 11 is 0. The lowest BCUT2D eigenvalue weighted by Crippen LogP contribution is -2.45. The van der Waals surface area contributed by atoms with Gasteiger partial charge in [-0.05, 0) is 25.3 Å². The van der Waals surface area contributed by atoms with E-state index >= 15 is 0 Å². The first kappa shape index (κ1) is 16.3. The first-order valence-electron chi connectivity index (χ1n) is 7.38. The largest absolute Gasteiger partial charge is 0.314 e. The second-order valence-electron chi connectivity index (χ2n) is 5.91. The second kappa shape index (κ2) is 6.76. The van der Waals surface area contributed by atoms with Gasteiger partial charge in [0.05, 0.1) is 0 Å². The zero-order valence-corrected chi connectivity index (χ0v) is 13.7. The molecule has 0 amide bonds. The van der Waals surface area contributed by atoms with Crippen LogP contribution in [0.1, 0.15) is 26.7 Å². The van der Waals surface area contributed by atoms with Crippen molar-refractivity contribution >= 4 is 16.0 Å². The molecule has 1 aromatic rings. The lowest BCUT2D eigenvalue weighted by atomic mass is 9.99. The molecule has 0 bridgehead atoms. The van der Waals surface area contributed by atoms with Crippen LogP contribution in [0, 0.1) is 5.92 Å². The molecule has 1 saturated heterocycles. The SMILES string of the molecule is CC(C)NCC1CCCN(S(=O)(=O)Nc2ccn(C)n2)C1. The average Bonchev–Trinajstić information content (AvgIpc) is 2.81. The maximum atomic E-state index is 12.4. The number of piperidine rings is 1. The van der Waals surface area contributed by atoms with Gasteiger partial charge in [0.25, 0.3) is 0 Å². The van der Waals surface area contributed by atoms with E-state index < -0.39 is 10.2 Å². The minimum Gasteiger partial charge on any atom is -0.314 e. The van der Waals surface area contributed by atoms with Crippen LogP contribution < -0.4 is 10.0 Å². The zero-order chi connectivity index (χ0) is 15.5. The number of nitrogens with one attached hydrogen (secondary N) is 2. The number of nitrogens with zero attached hydrogens (tertiary/aromatic N) is 3. The Hall–Kier alpha value is -1.12. The van der Waals surface area contributed by atoms with E-state index in [-0.39, 0.29) is 0 Å². The van der Waals surface area contributed by atoms with Crippen LogP contribution in [0.3, 0.4) is 0 Å². The number of hydrogen-bond donors (Lipinski definition) is 2. The summed E-state index contributed by atoms with van der Waals surface area (Å²) in [5.41, 5.74) is 0. The first-order chi connectivity index (χ1) is 9.87. The van der Waals surface area contributed by atoms with Crippen molar-refractivity contribution < 1.29 is 8.42 Å². The highest BCUT2D eigenvalue weighted by molar-refractivity contribution is 7.90. The van der Waals surface area contributed by atoms with E-state index in [2.05, 4.69) is 29.0 Å². The Morgan fingerprint density at radius 1 is 1.48 bits per heavy atom. The number of aryl methyl sites for hydroxylation is 1. The topological polar surface area (TPSA) is 79.3 Å². The second-order valence-corrected chi connectivity index (χ2v) is 7.58. The summed E-state index contributed by atoms with van der Waals surface area (Å²) in [5.74, 6) is 0.724. The molecule has 0 radical (unpaired) electrons. The Kier molecular flexibility index (Phi) is 5.23. The van der Waals surface area contributed by atoms with Crippen molar-refractivity contribution in [3.63, 3.8) is 0 Å². The van der Waals surface area contributed by atoms with E-state index in [9.17, 15) is 8.42 Å². The molecule has 1 unspecified atom stereocenters. The summed E-state index contributed by atoms with van der Waals surface area (Å²) in [6.45, 7) is 6.18. The van der Waals surface area contributed by atoms with Gasteiger partial charge in [0.2, 0.25) is 0 Å². The molecule has 8 heteroatoms. The van der Waals surface area contributed by atoms with Gasteiger partial charge in [0.15, 0.2) is 5.82 Å². The van der Waals surface area contributed by atoms with Crippen molar-refractivity contribution in [1.29, 1.82) is 0 Å². The molecule has 0 aromatic carbocycles. The van der Waals surface area contributed by atoms with Gasteiger partial charge in [-0.25, -0.2) is 0 Å². The van der Waals surface area contributed by atoms with Crippen molar-refractivity contribution in [3.8, 4) is 0 Å². The van der Waals surface area contributed by atoms with Crippen LogP contribution >= 0.6 is 0 Å². The number of rotatable bonds is 6. The third-order valence-corrected chi connectivity index (χ3v) is 5.06. The monoisotopic (exact) mass is 315 g/mol. The highest BCUT2D eigenvalue weighted by atomic mass is 32.2. The van der Waals surface area contributed by atoms with Crippen LogP contribution in [0.15, 0.2) is 12.3 Å². The first-order valence-corrected chi connectivity index (χ1v) is 8.82. The third kappa shape index (κ3) is 4.69. The minimum atomic E-state index is -3.51. The molecule has 120 valence electrons. The fourth-order valence-electron chi connectivity index (χ4n) is 2.48. The van der Waals surface area contributed by atoms with Crippen LogP contribution in [-0.4, -0.2) is 48.2 Å². The van der Waals surface area contributed by atoms with Gasteiger partial charge in [-0.1, -0.05) is 13.8 Å². The van der Waals surface area contributed by atoms with E-state index in [1.807, 2.05) is 0 Å². The lowest BCUT2D eigenvalue weighted by Gasteiger charge is -2.32. The van der Waals surface area contributed by atoms with Crippen molar-refractivity contribution in [1.82, 2.24) is 19.4 Å². The maximum absolute atomic E-state index is 12.4. The van der Waals surface area contributed by atoms with Gasteiger partial charge >= 0.3 is 10.2 Å². The fourth-order valence-corrected chi connectivity index (χ4v) is 3.76. The molecule has 2 N–H and O–H groups in total. The summed E-state index contributed by atoms with van der Waals surface area (Å²) in [6, 6.07) is 2.07. The van der Waals surface area contributed by atoms with Gasteiger partial charge in [0.1, 0.15) is 0 Å². The number of aromatic nitrogens is 2. The molecular weight excluding hydrogens is 290 g/mol. The molecule has 7 nitrogen and oxygen atoms in total. The molecule has 1 aliphatic heterocycles. The molecule has 0 saturated carbocycles. The van der Waals surface area contributed by atoms with Crippen molar-refractivity contribution in [3.05, 3.63) is 12.3 Å². The molecule has 1 fully saturated rings. The zero-order valence-electron chi connectivity index (χ0n) is 12.9. The van der Waals surface area contributed by atoms with E-state index in [1.165, 1.54) is 4.31 Å². The highest BCUT2D eigenvalue weighted by Gasteiger charge is 2.29. The van der Waals surface area contributed by atoms with E-state index in [0.717, 1.165) is 19.4 Å². The Morgan fingerprint density at radius 2 is 2.24 bits per heavy atom. The van der Waals surface area contributed by atoms with Gasteiger partial charge in [0, 0.05) is 38.4 Å². The molecule has 1 atom stereocenters. The molecule has 0 spiro atoms. The van der Waals surface area contributed by atoms with Crippen LogP contribution in [-0.2, 0) is 17.3 Å². The quantitative estimate of drug-likeness (QED) is 0.813. The van der Waals surface area contributed by atoms with Crippen LogP contribution in [0.2, 0.25) is 0 Å². The molecule has 1 aromatic heterocycles. The molecule has 0 aliphatic carbocycles. The maximum Gasteiger partial charge on any atom is 0.302 e. The summed E-state index contributed by atoms with van der Waals surface area (Å²) in [7, 11) is -1.76. The molecule has 2 rings (SSSR count). The fraction of sp³-hybridized carbons (Fsp3) is 0.769. The summed E-state index contributed by atoms with van der Waals surface area (Å²) in [6.07, 6.45) is 3.67. The summed E-state index contributed by atoms with van der Waals surface area (Å²) in [4.78, 5) is 0. The third-order valence-electron chi connectivity index (χ3n) is 3.58. The van der Waals surface area contributed by atoms with Gasteiger partial charge in [-0.15, -0.1) is 0 Å². The highest BCUT2D eigenvalue weighted by Crippen LogP contribution is 2.20. The normalized spacial score (nSPS) is 20.9. The van der Waals surface area contributed by atoms with Crippen LogP contribution in [0.4, 0.5) is 5.82 Å². The van der Waals surface area contributed by atoms with Crippen molar-refractivity contribution in [2.24, 2.45) is 13.0 Å². The van der Waals surface area contributed by atoms with Crippen LogP contribution in [0.25, 0.3) is 0 Å². The van der Waals surface area contributed by atoms with Crippen molar-refractivity contribution in [2.45, 2.75) is 32.7 Å². The average molecular weight is 315 g/mol. The molecule has 1 aliphatic rings. The lowest BCUT2D eigenvalue weighted by molar-refractivity contribution is 0.257. The molecular formula is C13H25N5O2S. The van der Waals surface area contributed by atoms with Gasteiger partial charge in [-0.3, -0.25) is 9.40 Å². The van der Waals surface area contributed by atoms with E-state index in [4.69, 9.17) is 0 Å². The van der Waals surface area contributed by atoms with Crippen LogP contribution in [0.5, 0.6) is 0 Å². The Morgan fingerprint density at radius 3 is 2.86 bits per heavy atom. The molecule has 21 heavy (non-hydrogen) atoms. The Bertz CT molecular complexity index is 555. The summed E-state index contributed by atoms with van der Waals surface area (Å²) in [5, 5.41) is 7.44. The number of hydrogen-bond acceptors (Lipinski definition) is 4. The van der Waals surface area contributed by atoms with E-state index in [1.54, 1.807) is 24.0 Å². The van der Waals surface area contributed by atoms with Gasteiger partial charge < -0.3 is 5.32 Å². The predicted octanol–water partition coefficient (Wildman–Crippen LogP) is 0.787. The summed E-state index contributed by atoms with van der Waals surface area (Å²) < 4.78 is 30.4. The smallest absolute Gasteiger partial charge is 0.302 e. The predicted molar refractivity (Wildman–Crippen MR) is 83.2 cm³/mol. The molecule has 2 heterocycles. The van der Waals surface area contributed by atoms with Crippen molar-refractivity contribution in [2.75, 3.05) is 24.4 Å². The number of anilines is 1. The Balaban J connectivity index is 1.95. The van der Waals surface area contributed by atoms with Gasteiger partial charge in [-0.2, -0.15) is 17.8 Å². The van der Waals surface area contributed by atoms with E-state index in [0.29, 0.717) is 30.9 Å². The standard InChI is InChI=1S/C13H25N5O2S/c1-11(2)14-9-12-5-4-7-18(10-12)21(19,20)16-13-6-8-17(3)15-13/h6,8,11-12,14H,4-5,7,9-10H2,1-3H3,(H,15,16). The minimum absolute atomic E-state index is 0.361.